The van der Waals surface area contributed by atoms with Crippen LogP contribution in [-0.2, 0) is 9.59 Å². The molecule has 88 valence electrons. The van der Waals surface area contributed by atoms with E-state index in [0.717, 1.165) is 18.3 Å². The Kier molecular flexibility index (Phi) is 3.15. The molecule has 2 atom stereocenters. The number of carbonyl (C=O) groups excluding carboxylic acids is 3. The van der Waals surface area contributed by atoms with Crippen molar-refractivity contribution >= 4 is 28.8 Å². The fraction of sp³-hybridized carbons (Fsp3) is 0.667. The van der Waals surface area contributed by atoms with Gasteiger partial charge in [0, 0.05) is 26.6 Å². The van der Waals surface area contributed by atoms with Crippen LogP contribution < -0.4 is 10.6 Å². The Morgan fingerprint density at radius 3 is 2.81 bits per heavy atom. The molecule has 16 heavy (non-hydrogen) atoms. The van der Waals surface area contributed by atoms with Crippen molar-refractivity contribution in [3.8, 4) is 0 Å². The first-order chi connectivity index (χ1) is 7.59. The monoisotopic (exact) mass is 243 g/mol. The number of rotatable bonds is 1. The Morgan fingerprint density at radius 2 is 2.25 bits per heavy atom. The van der Waals surface area contributed by atoms with Crippen LogP contribution in [0.4, 0.5) is 4.79 Å². The third-order valence-corrected chi connectivity index (χ3v) is 3.85. The lowest BCUT2D eigenvalue weighted by Gasteiger charge is -2.37. The summed E-state index contributed by atoms with van der Waals surface area (Å²) in [7, 11) is 0. The normalized spacial score (nSPS) is 30.4. The molecule has 0 aromatic rings. The third-order valence-electron chi connectivity index (χ3n) is 2.75. The molecule has 0 saturated carbocycles. The van der Waals surface area contributed by atoms with Gasteiger partial charge in [0.1, 0.15) is 5.25 Å². The lowest BCUT2D eigenvalue weighted by Crippen LogP contribution is -2.58. The second kappa shape index (κ2) is 4.42. The van der Waals surface area contributed by atoms with Gasteiger partial charge < -0.3 is 10.2 Å². The van der Waals surface area contributed by atoms with Crippen LogP contribution in [0.1, 0.15) is 6.92 Å². The number of imide groups is 1. The van der Waals surface area contributed by atoms with Crippen LogP contribution in [-0.4, -0.2) is 52.9 Å². The van der Waals surface area contributed by atoms with Crippen LogP contribution in [0.3, 0.4) is 0 Å². The molecule has 2 unspecified atom stereocenters. The maximum Gasteiger partial charge on any atom is 0.286 e. The number of carbonyl (C=O) groups is 3. The van der Waals surface area contributed by atoms with Crippen molar-refractivity contribution in [2.24, 2.45) is 0 Å². The fourth-order valence-corrected chi connectivity index (χ4v) is 2.97. The largest absolute Gasteiger partial charge is 0.336 e. The van der Waals surface area contributed by atoms with Crippen molar-refractivity contribution in [2.75, 3.05) is 19.6 Å². The number of hydrogen-bond donors (Lipinski definition) is 2. The summed E-state index contributed by atoms with van der Waals surface area (Å²) >= 11 is 0.968. The van der Waals surface area contributed by atoms with Gasteiger partial charge in [-0.05, 0) is 11.8 Å². The number of thioether (sulfide) groups is 1. The highest BCUT2D eigenvalue weighted by Gasteiger charge is 2.42. The Morgan fingerprint density at radius 1 is 1.50 bits per heavy atom. The zero-order valence-electron chi connectivity index (χ0n) is 8.86. The predicted octanol–water partition coefficient (Wildman–Crippen LogP) is -0.842. The topological polar surface area (TPSA) is 78.5 Å². The zero-order chi connectivity index (χ0) is 11.7. The van der Waals surface area contributed by atoms with Crippen LogP contribution in [0.2, 0.25) is 0 Å². The molecule has 2 heterocycles. The van der Waals surface area contributed by atoms with Gasteiger partial charge in [0.25, 0.3) is 5.24 Å². The maximum atomic E-state index is 11.5. The molecule has 0 aliphatic carbocycles. The van der Waals surface area contributed by atoms with Crippen LogP contribution in [0, 0.1) is 0 Å². The van der Waals surface area contributed by atoms with Crippen molar-refractivity contribution in [1.29, 1.82) is 0 Å². The highest BCUT2D eigenvalue weighted by molar-refractivity contribution is 8.15. The summed E-state index contributed by atoms with van der Waals surface area (Å²) in [5.41, 5.74) is 0. The average molecular weight is 243 g/mol. The highest BCUT2D eigenvalue weighted by atomic mass is 32.2. The van der Waals surface area contributed by atoms with Gasteiger partial charge in [0.15, 0.2) is 0 Å². The molecule has 2 rings (SSSR count). The average Bonchev–Trinajstić information content (AvgIpc) is 2.57. The molecule has 0 bridgehead atoms. The van der Waals surface area contributed by atoms with E-state index >= 15 is 0 Å². The number of hydrogen-bond acceptors (Lipinski definition) is 5. The van der Waals surface area contributed by atoms with Gasteiger partial charge >= 0.3 is 0 Å². The minimum atomic E-state index is -0.482. The molecule has 2 saturated heterocycles. The quantitative estimate of drug-likeness (QED) is 0.628. The first-order valence-electron chi connectivity index (χ1n) is 5.09. The van der Waals surface area contributed by atoms with Gasteiger partial charge in [-0.1, -0.05) is 0 Å². The van der Waals surface area contributed by atoms with E-state index in [2.05, 4.69) is 10.6 Å². The van der Waals surface area contributed by atoms with Gasteiger partial charge in [-0.15, -0.1) is 0 Å². The third kappa shape index (κ3) is 2.05. The summed E-state index contributed by atoms with van der Waals surface area (Å²) in [6.07, 6.45) is 0. The lowest BCUT2D eigenvalue weighted by atomic mass is 10.1. The molecule has 2 fully saturated rings. The summed E-state index contributed by atoms with van der Waals surface area (Å²) in [4.78, 5) is 35.7. The van der Waals surface area contributed by atoms with Crippen LogP contribution in [0.15, 0.2) is 0 Å². The van der Waals surface area contributed by atoms with Crippen LogP contribution in [0.25, 0.3) is 0 Å². The number of nitrogens with zero attached hydrogens (tertiary/aromatic N) is 1. The predicted molar refractivity (Wildman–Crippen MR) is 59.0 cm³/mol. The molecule has 2 aliphatic heterocycles. The molecule has 2 aliphatic rings. The van der Waals surface area contributed by atoms with Crippen molar-refractivity contribution in [3.05, 3.63) is 0 Å². The van der Waals surface area contributed by atoms with E-state index < -0.39 is 5.25 Å². The van der Waals surface area contributed by atoms with Crippen molar-refractivity contribution in [3.63, 3.8) is 0 Å². The summed E-state index contributed by atoms with van der Waals surface area (Å²) in [5.74, 6) is -0.353. The van der Waals surface area contributed by atoms with E-state index in [4.69, 9.17) is 0 Å². The first-order valence-corrected chi connectivity index (χ1v) is 5.97. The van der Waals surface area contributed by atoms with Gasteiger partial charge in [0.05, 0.1) is 6.04 Å². The molecular formula is C9H13N3O3S. The van der Waals surface area contributed by atoms with E-state index in [9.17, 15) is 14.4 Å². The van der Waals surface area contributed by atoms with Crippen molar-refractivity contribution in [1.82, 2.24) is 15.5 Å². The molecule has 6 nitrogen and oxygen atoms in total. The summed E-state index contributed by atoms with van der Waals surface area (Å²) in [6.45, 7) is 3.34. The van der Waals surface area contributed by atoms with E-state index in [-0.39, 0.29) is 23.1 Å². The Balaban J connectivity index is 2.14. The molecule has 3 amide bonds. The minimum Gasteiger partial charge on any atom is -0.336 e. The second-order valence-corrected chi connectivity index (χ2v) is 4.91. The maximum absolute atomic E-state index is 11.5. The van der Waals surface area contributed by atoms with E-state index in [0.29, 0.717) is 13.1 Å². The fourth-order valence-electron chi connectivity index (χ4n) is 2.01. The SMILES string of the molecule is CC(=O)N1CCNCC1C1SC(=O)NC1=O. The standard InChI is InChI=1S/C9H13N3O3S/c1-5(13)12-3-2-10-4-6(12)7-8(14)11-9(15)16-7/h6-7,10H,2-4H2,1H3,(H,11,14,15). The van der Waals surface area contributed by atoms with E-state index in [1.807, 2.05) is 0 Å². The molecule has 0 aromatic carbocycles. The summed E-state index contributed by atoms with van der Waals surface area (Å²) in [6, 6.07) is -0.234. The number of nitrogens with one attached hydrogen (secondary N) is 2. The summed E-state index contributed by atoms with van der Waals surface area (Å²) in [5, 5.41) is 4.56. The van der Waals surface area contributed by atoms with Crippen LogP contribution >= 0.6 is 11.8 Å². The van der Waals surface area contributed by atoms with Crippen molar-refractivity contribution < 1.29 is 14.4 Å². The molecule has 7 heteroatoms. The molecule has 2 N–H and O–H groups in total. The van der Waals surface area contributed by atoms with E-state index in [1.54, 1.807) is 4.90 Å². The second-order valence-electron chi connectivity index (χ2n) is 3.80. The number of piperazine rings is 1. The molecular weight excluding hydrogens is 230 g/mol. The van der Waals surface area contributed by atoms with Gasteiger partial charge in [0.2, 0.25) is 11.8 Å². The Labute approximate surface area is 97.1 Å². The lowest BCUT2D eigenvalue weighted by molar-refractivity contribution is -0.132. The highest BCUT2D eigenvalue weighted by Crippen LogP contribution is 2.25. The summed E-state index contributed by atoms with van der Waals surface area (Å²) < 4.78 is 0. The minimum absolute atomic E-state index is 0.0563. The smallest absolute Gasteiger partial charge is 0.286 e. The van der Waals surface area contributed by atoms with Gasteiger partial charge in [-0.25, -0.2) is 0 Å². The van der Waals surface area contributed by atoms with Gasteiger partial charge in [-0.3, -0.25) is 19.7 Å². The zero-order valence-corrected chi connectivity index (χ0v) is 9.67. The Bertz CT molecular complexity index is 347. The first kappa shape index (κ1) is 11.4. The molecule has 0 aromatic heterocycles. The van der Waals surface area contributed by atoms with Crippen LogP contribution in [0.5, 0.6) is 0 Å². The molecule has 0 spiro atoms. The van der Waals surface area contributed by atoms with Gasteiger partial charge in [-0.2, -0.15) is 0 Å². The number of amides is 3. The van der Waals surface area contributed by atoms with Crippen molar-refractivity contribution in [2.45, 2.75) is 18.2 Å². The Hall–Kier alpha value is -1.08. The molecule has 0 radical (unpaired) electrons. The van der Waals surface area contributed by atoms with E-state index in [1.165, 1.54) is 6.92 Å².